The summed E-state index contributed by atoms with van der Waals surface area (Å²) >= 11 is 0. The largest absolute Gasteiger partial charge is 0.508 e. The molecular weight excluding hydrogens is 558 g/mol. The average Bonchev–Trinajstić information content (AvgIpc) is 2.91. The van der Waals surface area contributed by atoms with Crippen LogP contribution in [-0.2, 0) is 35.2 Å². The number of nitrogens with one attached hydrogen (secondary N) is 3. The number of carboxylic acids is 3. The number of phenols is 1. The summed E-state index contributed by atoms with van der Waals surface area (Å²) in [6.45, 7) is 0.0916. The van der Waals surface area contributed by atoms with Crippen molar-refractivity contribution in [2.75, 3.05) is 6.54 Å². The molecule has 0 spiro atoms. The van der Waals surface area contributed by atoms with Crippen molar-refractivity contribution in [3.05, 3.63) is 29.8 Å². The third kappa shape index (κ3) is 13.9. The van der Waals surface area contributed by atoms with Crippen LogP contribution in [0.25, 0.3) is 0 Å². The molecule has 0 aliphatic heterocycles. The van der Waals surface area contributed by atoms with E-state index in [-0.39, 0.29) is 43.9 Å². The second-order valence-corrected chi connectivity index (χ2v) is 9.31. The molecule has 3 amide bonds. The minimum absolute atomic E-state index is 0.0239. The molecule has 13 N–H and O–H groups in total. The predicted molar refractivity (Wildman–Crippen MR) is 147 cm³/mol. The predicted octanol–water partition coefficient (Wildman–Crippen LogP) is -2.42. The first kappa shape index (κ1) is 35.1. The van der Waals surface area contributed by atoms with Crippen molar-refractivity contribution in [2.45, 2.75) is 69.1 Å². The van der Waals surface area contributed by atoms with Crippen LogP contribution in [0.5, 0.6) is 5.75 Å². The number of carbonyl (C=O) groups excluding carboxylic acids is 3. The van der Waals surface area contributed by atoms with Crippen LogP contribution in [0.4, 0.5) is 0 Å². The highest BCUT2D eigenvalue weighted by Gasteiger charge is 2.30. The molecule has 0 aromatic heterocycles. The second-order valence-electron chi connectivity index (χ2n) is 9.31. The van der Waals surface area contributed by atoms with Crippen molar-refractivity contribution in [3.63, 3.8) is 0 Å². The molecule has 4 atom stereocenters. The summed E-state index contributed by atoms with van der Waals surface area (Å²) in [6.07, 6.45) is -1.56. The monoisotopic (exact) mass is 595 g/mol. The highest BCUT2D eigenvalue weighted by Crippen LogP contribution is 2.12. The van der Waals surface area contributed by atoms with Gasteiger partial charge in [-0.2, -0.15) is 0 Å². The number of aliphatic imine (C=N–C) groups is 1. The molecule has 0 bridgehead atoms. The Morgan fingerprint density at radius 2 is 1.26 bits per heavy atom. The number of carbonyl (C=O) groups is 6. The number of hydrogen-bond acceptors (Lipinski definition) is 9. The van der Waals surface area contributed by atoms with E-state index < -0.39 is 79.1 Å². The van der Waals surface area contributed by atoms with Gasteiger partial charge in [-0.05, 0) is 43.4 Å². The summed E-state index contributed by atoms with van der Waals surface area (Å²) in [5.74, 6) is -6.81. The van der Waals surface area contributed by atoms with E-state index in [1.165, 1.54) is 24.3 Å². The lowest BCUT2D eigenvalue weighted by molar-refractivity contribution is -0.143. The Hall–Kier alpha value is -4.93. The molecule has 0 fully saturated rings. The highest BCUT2D eigenvalue weighted by molar-refractivity contribution is 5.94. The van der Waals surface area contributed by atoms with Gasteiger partial charge in [0.15, 0.2) is 5.96 Å². The highest BCUT2D eigenvalue weighted by atomic mass is 16.4. The van der Waals surface area contributed by atoms with Crippen molar-refractivity contribution in [1.29, 1.82) is 0 Å². The number of nitrogens with zero attached hydrogens (tertiary/aromatic N) is 1. The van der Waals surface area contributed by atoms with Crippen molar-refractivity contribution >= 4 is 41.6 Å². The van der Waals surface area contributed by atoms with Gasteiger partial charge < -0.3 is 53.6 Å². The zero-order valence-electron chi connectivity index (χ0n) is 22.7. The molecule has 1 rings (SSSR count). The fraction of sp³-hybridized carbons (Fsp3) is 0.480. The number of carboxylic acid groups (broad SMARTS) is 3. The summed E-state index contributed by atoms with van der Waals surface area (Å²) in [6, 6.07) is 0.111. The van der Waals surface area contributed by atoms with Gasteiger partial charge in [-0.15, -0.1) is 0 Å². The summed E-state index contributed by atoms with van der Waals surface area (Å²) in [5.41, 5.74) is 16.8. The minimum atomic E-state index is -1.57. The topological polar surface area (TPSA) is 310 Å². The number of amides is 3. The van der Waals surface area contributed by atoms with E-state index in [1.54, 1.807) is 0 Å². The summed E-state index contributed by atoms with van der Waals surface area (Å²) in [4.78, 5) is 76.3. The lowest BCUT2D eigenvalue weighted by atomic mass is 10.0. The molecule has 0 aliphatic rings. The van der Waals surface area contributed by atoms with E-state index in [4.69, 9.17) is 27.4 Å². The second kappa shape index (κ2) is 17.7. The normalized spacial score (nSPS) is 13.5. The van der Waals surface area contributed by atoms with Crippen LogP contribution in [0.3, 0.4) is 0 Å². The molecule has 1 aromatic rings. The van der Waals surface area contributed by atoms with Gasteiger partial charge in [0.25, 0.3) is 0 Å². The molecule has 0 radical (unpaired) electrons. The Bertz CT molecular complexity index is 1140. The maximum atomic E-state index is 13.3. The third-order valence-corrected chi connectivity index (χ3v) is 5.85. The molecule has 0 heterocycles. The first-order valence-corrected chi connectivity index (χ1v) is 12.9. The first-order chi connectivity index (χ1) is 19.7. The summed E-state index contributed by atoms with van der Waals surface area (Å²) in [5, 5.41) is 43.9. The van der Waals surface area contributed by atoms with Crippen LogP contribution < -0.4 is 33.2 Å². The lowest BCUT2D eigenvalue weighted by Crippen LogP contribution is -2.57. The zero-order chi connectivity index (χ0) is 31.8. The molecule has 42 heavy (non-hydrogen) atoms. The Labute approximate surface area is 240 Å². The summed E-state index contributed by atoms with van der Waals surface area (Å²) in [7, 11) is 0. The Balaban J connectivity index is 3.20. The maximum Gasteiger partial charge on any atom is 0.326 e. The number of hydrogen-bond donors (Lipinski definition) is 10. The van der Waals surface area contributed by atoms with E-state index >= 15 is 0 Å². The number of phenolic OH excluding ortho intramolecular Hbond substituents is 1. The van der Waals surface area contributed by atoms with E-state index in [0.717, 1.165) is 0 Å². The van der Waals surface area contributed by atoms with Gasteiger partial charge >= 0.3 is 17.9 Å². The molecule has 4 unspecified atom stereocenters. The Kier molecular flexibility index (Phi) is 14.8. The number of nitrogens with two attached hydrogens (primary N) is 3. The van der Waals surface area contributed by atoms with Crippen LogP contribution in [0.1, 0.15) is 44.1 Å². The summed E-state index contributed by atoms with van der Waals surface area (Å²) < 4.78 is 0. The van der Waals surface area contributed by atoms with Gasteiger partial charge in [0, 0.05) is 25.8 Å². The van der Waals surface area contributed by atoms with E-state index in [2.05, 4.69) is 20.9 Å². The van der Waals surface area contributed by atoms with Gasteiger partial charge in [-0.25, -0.2) is 4.79 Å². The van der Waals surface area contributed by atoms with E-state index in [9.17, 15) is 39.0 Å². The number of rotatable bonds is 19. The third-order valence-electron chi connectivity index (χ3n) is 5.85. The van der Waals surface area contributed by atoms with Crippen molar-refractivity contribution < 1.29 is 49.2 Å². The van der Waals surface area contributed by atoms with Gasteiger partial charge in [-0.3, -0.25) is 29.0 Å². The van der Waals surface area contributed by atoms with Crippen LogP contribution >= 0.6 is 0 Å². The minimum Gasteiger partial charge on any atom is -0.508 e. The molecule has 232 valence electrons. The van der Waals surface area contributed by atoms with Crippen LogP contribution in [0.2, 0.25) is 0 Å². The molecule has 1 aromatic carbocycles. The Morgan fingerprint density at radius 1 is 0.738 bits per heavy atom. The standard InChI is InChI=1S/C25H37N7O10/c26-15(7-9-19(34)35)21(38)30-16(2-1-11-29-25(27)28)22(39)32-18(12-13-3-5-14(33)6-4-13)23(40)31-17(24(41)42)8-10-20(36)37/h3-6,15-18,33H,1-2,7-12,26H2,(H,30,38)(H,31,40)(H,32,39)(H,34,35)(H,36,37)(H,41,42)(H4,27,28,29). The lowest BCUT2D eigenvalue weighted by Gasteiger charge is -2.25. The van der Waals surface area contributed by atoms with E-state index in [1.807, 2.05) is 0 Å². The fourth-order valence-electron chi connectivity index (χ4n) is 3.61. The average molecular weight is 596 g/mol. The van der Waals surface area contributed by atoms with Crippen molar-refractivity contribution in [2.24, 2.45) is 22.2 Å². The van der Waals surface area contributed by atoms with Gasteiger partial charge in [0.05, 0.1) is 6.04 Å². The number of aliphatic carboxylic acids is 3. The zero-order valence-corrected chi connectivity index (χ0v) is 22.7. The van der Waals surface area contributed by atoms with Crippen LogP contribution in [0.15, 0.2) is 29.3 Å². The molecule has 0 saturated heterocycles. The van der Waals surface area contributed by atoms with E-state index in [0.29, 0.717) is 5.56 Å². The molecule has 0 aliphatic carbocycles. The number of guanidine groups is 1. The quantitative estimate of drug-likeness (QED) is 0.0453. The van der Waals surface area contributed by atoms with Gasteiger partial charge in [0.2, 0.25) is 17.7 Å². The molecule has 17 heteroatoms. The SMILES string of the molecule is NC(N)=NCCCC(NC(=O)C(N)CCC(=O)O)C(=O)NC(Cc1ccc(O)cc1)C(=O)NC(CCC(=O)O)C(=O)O. The molecular formula is C25H37N7O10. The van der Waals surface area contributed by atoms with Gasteiger partial charge in [-0.1, -0.05) is 12.1 Å². The van der Waals surface area contributed by atoms with Crippen molar-refractivity contribution in [3.8, 4) is 5.75 Å². The van der Waals surface area contributed by atoms with Crippen LogP contribution in [-0.4, -0.2) is 92.7 Å². The maximum absolute atomic E-state index is 13.3. The number of benzene rings is 1. The molecule has 17 nitrogen and oxygen atoms in total. The fourth-order valence-corrected chi connectivity index (χ4v) is 3.61. The Morgan fingerprint density at radius 3 is 1.81 bits per heavy atom. The van der Waals surface area contributed by atoms with Crippen molar-refractivity contribution in [1.82, 2.24) is 16.0 Å². The first-order valence-electron chi connectivity index (χ1n) is 12.9. The molecule has 0 saturated carbocycles. The smallest absolute Gasteiger partial charge is 0.326 e. The van der Waals surface area contributed by atoms with Gasteiger partial charge in [0.1, 0.15) is 23.9 Å². The number of aromatic hydroxyl groups is 1. The van der Waals surface area contributed by atoms with Crippen LogP contribution in [0, 0.1) is 0 Å².